The van der Waals surface area contributed by atoms with Crippen LogP contribution in [-0.2, 0) is 0 Å². The lowest BCUT2D eigenvalue weighted by Gasteiger charge is -2.30. The van der Waals surface area contributed by atoms with Gasteiger partial charge in [0.25, 0.3) is 0 Å². The maximum absolute atomic E-state index is 13.9. The van der Waals surface area contributed by atoms with Crippen LogP contribution in [0.4, 0.5) is 26.3 Å². The molecule has 1 aromatic carbocycles. The van der Waals surface area contributed by atoms with Gasteiger partial charge >= 0.3 is 16.4 Å². The maximum atomic E-state index is 13.9. The molecule has 1 N–H and O–H groups in total. The second kappa shape index (κ2) is 8.95. The molecule has 2 nitrogen and oxygen atoms in total. The molecule has 0 saturated heterocycles. The van der Waals surface area contributed by atoms with Gasteiger partial charge in [0.15, 0.2) is 0 Å². The highest BCUT2D eigenvalue weighted by atomic mass is 32.2. The number of rotatable bonds is 9. The highest BCUT2D eigenvalue weighted by molar-refractivity contribution is 7.96. The lowest BCUT2D eigenvalue weighted by Crippen LogP contribution is -2.50. The lowest BCUT2D eigenvalue weighted by molar-refractivity contribution is -0.239. The molecular formula is C18H24F6O2S2. The van der Waals surface area contributed by atoms with Crippen LogP contribution in [0.3, 0.4) is 0 Å². The van der Waals surface area contributed by atoms with Gasteiger partial charge in [0.2, 0.25) is 0 Å². The lowest BCUT2D eigenvalue weighted by atomic mass is 9.88. The molecule has 0 aromatic heterocycles. The van der Waals surface area contributed by atoms with Crippen LogP contribution in [0.5, 0.6) is 5.75 Å². The fraction of sp³-hybridized carbons (Fsp3) is 0.667. The van der Waals surface area contributed by atoms with Crippen molar-refractivity contribution in [2.24, 2.45) is 0 Å². The molecule has 0 saturated carbocycles. The van der Waals surface area contributed by atoms with E-state index in [0.29, 0.717) is 11.1 Å². The minimum atomic E-state index is -5.84. The van der Waals surface area contributed by atoms with E-state index in [4.69, 9.17) is 8.74 Å². The molecule has 0 aliphatic heterocycles. The zero-order chi connectivity index (χ0) is 22.1. The average Bonchev–Trinajstić information content (AvgIpc) is 2.58. The molecule has 162 valence electrons. The molecule has 0 radical (unpaired) electrons. The van der Waals surface area contributed by atoms with Gasteiger partial charge in [-0.15, -0.1) is 0 Å². The third-order valence-electron chi connectivity index (χ3n) is 4.15. The van der Waals surface area contributed by atoms with E-state index in [1.807, 2.05) is 13.8 Å². The number of hydrogen-bond donors (Lipinski definition) is 1. The summed E-state index contributed by atoms with van der Waals surface area (Å²) in [6.45, 7) is 11.0. The highest BCUT2D eigenvalue weighted by Gasteiger charge is 2.74. The minimum absolute atomic E-state index is 0.0326. The molecule has 1 rings (SSSR count). The van der Waals surface area contributed by atoms with Crippen LogP contribution >= 0.6 is 24.1 Å². The summed E-state index contributed by atoms with van der Waals surface area (Å²) < 4.78 is 94.6. The third-order valence-corrected chi connectivity index (χ3v) is 5.36. The van der Waals surface area contributed by atoms with Gasteiger partial charge in [0, 0.05) is 0 Å². The summed E-state index contributed by atoms with van der Waals surface area (Å²) in [7, 11) is 0. The van der Waals surface area contributed by atoms with Crippen LogP contribution in [0.15, 0.2) is 12.1 Å². The summed E-state index contributed by atoms with van der Waals surface area (Å²) in [6.07, 6.45) is 0. The second-order valence-electron chi connectivity index (χ2n) is 7.36. The van der Waals surface area contributed by atoms with Gasteiger partial charge in [-0.1, -0.05) is 53.7 Å². The summed E-state index contributed by atoms with van der Waals surface area (Å²) in [5, 5.41) is -10.7. The summed E-state index contributed by atoms with van der Waals surface area (Å²) in [4.78, 5) is 0. The topological polar surface area (TPSA) is 29.5 Å². The number of benzene rings is 1. The summed E-state index contributed by atoms with van der Waals surface area (Å²) in [5.74, 6) is -6.11. The van der Waals surface area contributed by atoms with Gasteiger partial charge in [-0.3, -0.25) is 0 Å². The molecule has 0 amide bonds. The molecule has 0 aliphatic carbocycles. The Labute approximate surface area is 169 Å². The van der Waals surface area contributed by atoms with Crippen molar-refractivity contribution < 1.29 is 35.1 Å². The van der Waals surface area contributed by atoms with Crippen molar-refractivity contribution in [1.29, 1.82) is 0 Å². The molecule has 10 heteroatoms. The van der Waals surface area contributed by atoms with E-state index in [0.717, 1.165) is 5.56 Å². The van der Waals surface area contributed by atoms with Gasteiger partial charge in [0.05, 0.1) is 12.0 Å². The number of alkyl halides is 6. The Morgan fingerprint density at radius 1 is 0.786 bits per heavy atom. The fourth-order valence-electron chi connectivity index (χ4n) is 2.36. The Morgan fingerprint density at radius 3 is 1.54 bits per heavy atom. The zero-order valence-corrected chi connectivity index (χ0v) is 18.0. The van der Waals surface area contributed by atoms with Crippen molar-refractivity contribution in [3.63, 3.8) is 0 Å². The van der Waals surface area contributed by atoms with E-state index in [9.17, 15) is 26.3 Å². The normalized spacial score (nSPS) is 13.7. The SMILES string of the molecule is CC(C)c1cc(C(C)C)c(OSC(F)(F)C(F)(F)C(F)(F)SO)c(C(C)C)c1. The van der Waals surface area contributed by atoms with E-state index < -0.39 is 40.5 Å². The third kappa shape index (κ3) is 5.05. The second-order valence-corrected chi connectivity index (χ2v) is 8.90. The van der Waals surface area contributed by atoms with Crippen molar-refractivity contribution in [2.75, 3.05) is 0 Å². The monoisotopic (exact) mass is 450 g/mol. The van der Waals surface area contributed by atoms with E-state index in [2.05, 4.69) is 0 Å². The minimum Gasteiger partial charge on any atom is -0.419 e. The maximum Gasteiger partial charge on any atom is 0.398 e. The largest absolute Gasteiger partial charge is 0.419 e. The zero-order valence-electron chi connectivity index (χ0n) is 16.3. The smallest absolute Gasteiger partial charge is 0.398 e. The molecule has 0 spiro atoms. The number of halogens is 6. The van der Waals surface area contributed by atoms with E-state index >= 15 is 0 Å². The standard InChI is InChI=1S/C18H24F6O2S2/c1-9(2)12-7-13(10(3)4)15(14(8-12)11(5)6)26-28-18(23,24)16(19,20)17(21,22)27-25/h7-11,25H,1-6H3. The van der Waals surface area contributed by atoms with Crippen LogP contribution in [0.2, 0.25) is 0 Å². The Morgan fingerprint density at radius 2 is 1.21 bits per heavy atom. The van der Waals surface area contributed by atoms with Crippen LogP contribution in [0.1, 0.15) is 76.0 Å². The first-order chi connectivity index (χ1) is 12.6. The molecule has 28 heavy (non-hydrogen) atoms. The Bertz CT molecular complexity index is 649. The summed E-state index contributed by atoms with van der Waals surface area (Å²) >= 11 is -2.66. The van der Waals surface area contributed by atoms with Gasteiger partial charge in [-0.05, 0) is 34.4 Å². The van der Waals surface area contributed by atoms with Crippen molar-refractivity contribution in [2.45, 2.75) is 75.7 Å². The first-order valence-electron chi connectivity index (χ1n) is 8.58. The van der Waals surface area contributed by atoms with E-state index in [-0.39, 0.29) is 23.5 Å². The molecule has 0 heterocycles. The van der Waals surface area contributed by atoms with Crippen molar-refractivity contribution in [1.82, 2.24) is 0 Å². The van der Waals surface area contributed by atoms with Gasteiger partial charge < -0.3 is 8.74 Å². The van der Waals surface area contributed by atoms with E-state index in [1.165, 1.54) is 0 Å². The van der Waals surface area contributed by atoms with Gasteiger partial charge in [-0.2, -0.15) is 26.3 Å². The Balaban J connectivity index is 3.38. The number of hydrogen-bond acceptors (Lipinski definition) is 4. The Kier molecular flexibility index (Phi) is 8.09. The molecular weight excluding hydrogens is 426 g/mol. The molecule has 0 aliphatic rings. The van der Waals surface area contributed by atoms with Crippen molar-refractivity contribution in [3.05, 3.63) is 28.8 Å². The predicted octanol–water partition coefficient (Wildman–Crippen LogP) is 8.11. The van der Waals surface area contributed by atoms with Gasteiger partial charge in [0.1, 0.15) is 17.8 Å². The van der Waals surface area contributed by atoms with Crippen molar-refractivity contribution >= 4 is 24.1 Å². The fourth-order valence-corrected chi connectivity index (χ4v) is 3.28. The van der Waals surface area contributed by atoms with Gasteiger partial charge in [-0.25, -0.2) is 0 Å². The summed E-state index contributed by atoms with van der Waals surface area (Å²) in [6, 6.07) is 3.48. The van der Waals surface area contributed by atoms with Crippen LogP contribution in [0.25, 0.3) is 0 Å². The van der Waals surface area contributed by atoms with Crippen LogP contribution in [-0.4, -0.2) is 21.0 Å². The molecule has 0 bridgehead atoms. The molecule has 0 fully saturated rings. The predicted molar refractivity (Wildman–Crippen MR) is 102 cm³/mol. The first kappa shape index (κ1) is 25.3. The van der Waals surface area contributed by atoms with Crippen molar-refractivity contribution in [3.8, 4) is 5.75 Å². The van der Waals surface area contributed by atoms with Crippen LogP contribution < -0.4 is 4.18 Å². The summed E-state index contributed by atoms with van der Waals surface area (Å²) in [5.41, 5.74) is 1.96. The highest BCUT2D eigenvalue weighted by Crippen LogP contribution is 2.55. The average molecular weight is 451 g/mol. The molecule has 1 aromatic rings. The Hall–Kier alpha value is -0.740. The van der Waals surface area contributed by atoms with Crippen LogP contribution in [0, 0.1) is 0 Å². The quantitative estimate of drug-likeness (QED) is 0.304. The first-order valence-corrected chi connectivity index (χ1v) is 10.1. The molecule has 0 atom stereocenters. The molecule has 0 unspecified atom stereocenters. The van der Waals surface area contributed by atoms with E-state index in [1.54, 1.807) is 39.8 Å².